The fourth-order valence-corrected chi connectivity index (χ4v) is 5.92. The molecule has 3 rings (SSSR count). The van der Waals surface area contributed by atoms with Crippen LogP contribution in [0.2, 0.25) is 0 Å². The molecule has 0 unspecified atom stereocenters. The Hall–Kier alpha value is -1.91. The molecule has 1 aliphatic rings. The van der Waals surface area contributed by atoms with Crippen molar-refractivity contribution >= 4 is 9.73 Å². The van der Waals surface area contributed by atoms with Gasteiger partial charge in [-0.05, 0) is 43.4 Å². The highest BCUT2D eigenvalue weighted by atomic mass is 32.2. The number of aliphatic hydroxyl groups excluding tert-OH is 1. The van der Waals surface area contributed by atoms with Crippen LogP contribution in [0, 0.1) is 0 Å². The monoisotopic (exact) mass is 355 g/mol. The lowest BCUT2D eigenvalue weighted by molar-refractivity contribution is 0.180. The van der Waals surface area contributed by atoms with Crippen molar-refractivity contribution in [3.8, 4) is 0 Å². The van der Waals surface area contributed by atoms with Crippen LogP contribution in [0.15, 0.2) is 81.6 Å². The second-order valence-corrected chi connectivity index (χ2v) is 8.85. The van der Waals surface area contributed by atoms with Gasteiger partial charge in [0.2, 0.25) is 0 Å². The van der Waals surface area contributed by atoms with E-state index < -0.39 is 21.1 Å². The zero-order valence-electron chi connectivity index (χ0n) is 14.5. The number of benzene rings is 2. The Morgan fingerprint density at radius 1 is 1.00 bits per heavy atom. The van der Waals surface area contributed by atoms with Crippen molar-refractivity contribution in [2.75, 3.05) is 7.05 Å². The third-order valence-corrected chi connectivity index (χ3v) is 7.55. The van der Waals surface area contributed by atoms with E-state index in [0.29, 0.717) is 4.90 Å². The smallest absolute Gasteiger partial charge is 0.0984 e. The first kappa shape index (κ1) is 17.9. The van der Waals surface area contributed by atoms with Gasteiger partial charge < -0.3 is 5.11 Å². The predicted molar refractivity (Wildman–Crippen MR) is 103 cm³/mol. The molecule has 0 saturated carbocycles. The summed E-state index contributed by atoms with van der Waals surface area (Å²) in [6.45, 7) is 0. The minimum atomic E-state index is -2.79. The number of hydrogen-bond donors (Lipinski definition) is 1. The van der Waals surface area contributed by atoms with Gasteiger partial charge in [0, 0.05) is 11.9 Å². The maximum Gasteiger partial charge on any atom is 0.0984 e. The van der Waals surface area contributed by atoms with E-state index >= 15 is 0 Å². The molecule has 1 aliphatic carbocycles. The summed E-state index contributed by atoms with van der Waals surface area (Å²) in [5, 5.41) is 10.7. The summed E-state index contributed by atoms with van der Waals surface area (Å²) in [6, 6.07) is 18.9. The van der Waals surface area contributed by atoms with E-state index in [1.165, 1.54) is 0 Å². The number of allylic oxidation sites excluding steroid dienone is 1. The van der Waals surface area contributed by atoms with Crippen molar-refractivity contribution in [2.45, 2.75) is 41.9 Å². The third-order valence-electron chi connectivity index (χ3n) is 4.82. The second kappa shape index (κ2) is 7.98. The summed E-state index contributed by atoms with van der Waals surface area (Å²) < 4.78 is 18.3. The molecule has 1 N–H and O–H groups in total. The molecule has 3 atom stereocenters. The Kier molecular flexibility index (Phi) is 5.71. The number of hydrogen-bond acceptors (Lipinski definition) is 3. The Balaban J connectivity index is 2.14. The van der Waals surface area contributed by atoms with Gasteiger partial charge in [-0.1, -0.05) is 60.2 Å². The zero-order valence-corrected chi connectivity index (χ0v) is 15.4. The molecule has 0 aromatic heterocycles. The third kappa shape index (κ3) is 3.70. The number of aliphatic hydroxyl groups is 1. The van der Waals surface area contributed by atoms with Gasteiger partial charge in [0.05, 0.1) is 21.1 Å². The van der Waals surface area contributed by atoms with Crippen LogP contribution in [-0.2, 0) is 9.73 Å². The maximum absolute atomic E-state index is 14.0. The van der Waals surface area contributed by atoms with E-state index in [-0.39, 0.29) is 0 Å². The molecule has 0 aliphatic heterocycles. The molecule has 3 nitrogen and oxygen atoms in total. The molecule has 0 saturated heterocycles. The van der Waals surface area contributed by atoms with E-state index in [1.807, 2.05) is 60.7 Å². The number of rotatable bonds is 5. The van der Waals surface area contributed by atoms with Crippen LogP contribution in [0.1, 0.15) is 37.4 Å². The molecule has 0 bridgehead atoms. The first-order chi connectivity index (χ1) is 12.2. The molecule has 0 radical (unpaired) electrons. The molecule has 0 fully saturated rings. The van der Waals surface area contributed by atoms with Gasteiger partial charge in [-0.2, -0.15) is 0 Å². The van der Waals surface area contributed by atoms with Crippen LogP contribution in [0.3, 0.4) is 0 Å². The van der Waals surface area contributed by atoms with E-state index in [0.717, 1.165) is 36.8 Å². The summed E-state index contributed by atoms with van der Waals surface area (Å²) in [5.41, 5.74) is 1.85. The van der Waals surface area contributed by atoms with Crippen molar-refractivity contribution in [3.63, 3.8) is 0 Å². The standard InChI is InChI=1S/C21H25NO2S/c1-22-25(24,19-15-9-4-10-16-19)21(18-13-7-3-8-14-18)20(23)17-11-5-2-6-12-17/h2,4-6,9-13,15-16,20-21,23H,3,7-8,14H2,1H3/t20-,21-,25+/m1/s1. The van der Waals surface area contributed by atoms with E-state index in [9.17, 15) is 9.32 Å². The molecular formula is C21H25NO2S. The highest BCUT2D eigenvalue weighted by Crippen LogP contribution is 2.37. The SMILES string of the molecule is CN=[S@](=O)(c1ccccc1)[C@H](C1=CCCCC1)[C@H](O)c1ccccc1. The van der Waals surface area contributed by atoms with Gasteiger partial charge >= 0.3 is 0 Å². The topological polar surface area (TPSA) is 49.7 Å². The highest BCUT2D eigenvalue weighted by Gasteiger charge is 2.35. The van der Waals surface area contributed by atoms with Crippen LogP contribution in [0.4, 0.5) is 0 Å². The van der Waals surface area contributed by atoms with Crippen molar-refractivity contribution < 1.29 is 9.32 Å². The quantitative estimate of drug-likeness (QED) is 0.787. The van der Waals surface area contributed by atoms with E-state index in [2.05, 4.69) is 10.4 Å². The molecule has 0 spiro atoms. The number of nitrogens with zero attached hydrogens (tertiary/aromatic N) is 1. The first-order valence-electron chi connectivity index (χ1n) is 8.78. The van der Waals surface area contributed by atoms with Crippen LogP contribution in [-0.4, -0.2) is 21.6 Å². The minimum absolute atomic E-state index is 0.525. The van der Waals surface area contributed by atoms with Crippen molar-refractivity contribution in [3.05, 3.63) is 77.9 Å². The molecule has 2 aromatic carbocycles. The first-order valence-corrected chi connectivity index (χ1v) is 10.4. The fraction of sp³-hybridized carbons (Fsp3) is 0.333. The van der Waals surface area contributed by atoms with Crippen LogP contribution in [0.25, 0.3) is 0 Å². The van der Waals surface area contributed by atoms with Gasteiger partial charge in [-0.3, -0.25) is 0 Å². The van der Waals surface area contributed by atoms with Crippen molar-refractivity contribution in [2.24, 2.45) is 4.36 Å². The van der Waals surface area contributed by atoms with E-state index in [4.69, 9.17) is 0 Å². The van der Waals surface area contributed by atoms with Crippen LogP contribution < -0.4 is 0 Å². The van der Waals surface area contributed by atoms with E-state index in [1.54, 1.807) is 7.05 Å². The largest absolute Gasteiger partial charge is 0.387 e. The Bertz CT molecular complexity index is 837. The lowest BCUT2D eigenvalue weighted by Crippen LogP contribution is -2.31. The lowest BCUT2D eigenvalue weighted by Gasteiger charge is -2.30. The summed E-state index contributed by atoms with van der Waals surface area (Å²) in [7, 11) is -1.19. The van der Waals surface area contributed by atoms with Crippen molar-refractivity contribution in [1.82, 2.24) is 0 Å². The summed E-state index contributed by atoms with van der Waals surface area (Å²) in [5.74, 6) is 0. The van der Waals surface area contributed by atoms with Gasteiger partial charge in [-0.15, -0.1) is 0 Å². The second-order valence-electron chi connectivity index (χ2n) is 6.37. The van der Waals surface area contributed by atoms with Gasteiger partial charge in [0.1, 0.15) is 0 Å². The molecule has 25 heavy (non-hydrogen) atoms. The Morgan fingerprint density at radius 2 is 1.64 bits per heavy atom. The Labute approximate surface area is 150 Å². The molecule has 0 amide bonds. The Morgan fingerprint density at radius 3 is 2.20 bits per heavy atom. The fourth-order valence-electron chi connectivity index (χ4n) is 3.51. The summed E-state index contributed by atoms with van der Waals surface area (Å²) >= 11 is 0. The van der Waals surface area contributed by atoms with Gasteiger partial charge in [0.25, 0.3) is 0 Å². The van der Waals surface area contributed by atoms with Crippen LogP contribution in [0.5, 0.6) is 0 Å². The van der Waals surface area contributed by atoms with Crippen LogP contribution >= 0.6 is 0 Å². The molecular weight excluding hydrogens is 330 g/mol. The summed E-state index contributed by atoms with van der Waals surface area (Å²) in [4.78, 5) is 0.684. The predicted octanol–water partition coefficient (Wildman–Crippen LogP) is 4.75. The molecule has 4 heteroatoms. The molecule has 0 heterocycles. The van der Waals surface area contributed by atoms with Gasteiger partial charge in [0.15, 0.2) is 0 Å². The lowest BCUT2D eigenvalue weighted by atomic mass is 9.92. The summed E-state index contributed by atoms with van der Waals surface area (Å²) in [6.07, 6.45) is 5.37. The average Bonchev–Trinajstić information content (AvgIpc) is 2.70. The zero-order chi connectivity index (χ0) is 17.7. The maximum atomic E-state index is 14.0. The minimum Gasteiger partial charge on any atom is -0.387 e. The average molecular weight is 356 g/mol. The molecule has 132 valence electrons. The van der Waals surface area contributed by atoms with Gasteiger partial charge in [-0.25, -0.2) is 8.57 Å². The highest BCUT2D eigenvalue weighted by molar-refractivity contribution is 7.94. The normalized spacial score (nSPS) is 19.4. The molecule has 2 aromatic rings. The van der Waals surface area contributed by atoms with Crippen molar-refractivity contribution in [1.29, 1.82) is 0 Å².